The number of alkyl halides is 1. The second kappa shape index (κ2) is 13.1. The number of likely N-dealkylation sites (tertiary alicyclic amines) is 1. The summed E-state index contributed by atoms with van der Waals surface area (Å²) in [4.78, 5) is 53.0. The molecule has 0 unspecified atom stereocenters. The molecule has 2 rings (SSSR count). The minimum atomic E-state index is -1.12. The number of ether oxygens (including phenoxy) is 2. The number of carbonyl (C=O) groups is 4. The quantitative estimate of drug-likeness (QED) is 0.100. The van der Waals surface area contributed by atoms with Crippen LogP contribution in [0.15, 0.2) is 12.7 Å². The molecule has 0 aromatic heterocycles. The Kier molecular flexibility index (Phi) is 11.0. The molecule has 2 aliphatic rings. The average Bonchev–Trinajstić information content (AvgIpc) is 3.25. The maximum absolute atomic E-state index is 13.6. The molecule has 1 saturated carbocycles. The van der Waals surface area contributed by atoms with Gasteiger partial charge in [-0.1, -0.05) is 41.5 Å². The number of allylic oxidation sites excluding steroid dienone is 1. The highest BCUT2D eigenvalue weighted by Crippen LogP contribution is 2.44. The fourth-order valence-corrected chi connectivity index (χ4v) is 5.31. The summed E-state index contributed by atoms with van der Waals surface area (Å²) in [6.45, 7) is 10.7. The van der Waals surface area contributed by atoms with Gasteiger partial charge in [0, 0.05) is 16.9 Å². The van der Waals surface area contributed by atoms with Crippen molar-refractivity contribution < 1.29 is 33.8 Å². The van der Waals surface area contributed by atoms with E-state index >= 15 is 0 Å². The molecule has 0 aromatic carbocycles. The first-order valence-corrected chi connectivity index (χ1v) is 13.8. The van der Waals surface area contributed by atoms with Crippen LogP contribution in [0.5, 0.6) is 0 Å². The molecule has 11 heteroatoms. The number of aliphatic hydroxyl groups is 1. The number of unbranched alkanes of at least 4 members (excludes halogenated alkanes) is 3. The Morgan fingerprint density at radius 3 is 2.47 bits per heavy atom. The molecule has 3 N–H and O–H groups in total. The number of hydrogen-bond donors (Lipinski definition) is 3. The largest absolute Gasteiger partial charge is 0.464 e. The van der Waals surface area contributed by atoms with Gasteiger partial charge in [0.05, 0.1) is 12.7 Å². The average molecular weight is 622 g/mol. The van der Waals surface area contributed by atoms with Gasteiger partial charge in [-0.25, -0.2) is 9.59 Å². The number of aliphatic hydroxyl groups excluding tert-OH is 1. The van der Waals surface area contributed by atoms with Crippen molar-refractivity contribution in [2.45, 2.75) is 106 Å². The van der Waals surface area contributed by atoms with Crippen LogP contribution in [0.25, 0.3) is 0 Å². The first-order chi connectivity index (χ1) is 16.8. The predicted octanol–water partition coefficient (Wildman–Crippen LogP) is 2.60. The van der Waals surface area contributed by atoms with Crippen molar-refractivity contribution in [3.8, 4) is 0 Å². The van der Waals surface area contributed by atoms with E-state index in [9.17, 15) is 24.3 Å². The Labute approximate surface area is 227 Å². The minimum absolute atomic E-state index is 0.0417. The second-order valence-corrected chi connectivity index (χ2v) is 11.9. The number of hydrogen-bond acceptors (Lipinski definition) is 7. The lowest BCUT2D eigenvalue weighted by Gasteiger charge is -2.30. The molecule has 1 aliphatic carbocycles. The number of rotatable bonds is 12. The molecule has 0 aromatic rings. The van der Waals surface area contributed by atoms with Crippen molar-refractivity contribution in [1.29, 1.82) is 0 Å². The topological polar surface area (TPSA) is 134 Å². The lowest BCUT2D eigenvalue weighted by molar-refractivity contribution is -0.149. The molecule has 0 radical (unpaired) electrons. The van der Waals surface area contributed by atoms with Gasteiger partial charge in [0.2, 0.25) is 11.8 Å². The molecule has 1 saturated heterocycles. The maximum Gasteiger partial charge on any atom is 0.408 e. The SMILES string of the molecule is C=CCCCCC[C@H](NC(=O)OC(C)(C)C)C(=O)N1C[C@H](O)C[C@H]1C(=O)N[C@]1(C(=O)OCC)C[C@H]1I. The van der Waals surface area contributed by atoms with E-state index in [0.717, 1.165) is 19.3 Å². The van der Waals surface area contributed by atoms with E-state index in [1.807, 2.05) is 6.08 Å². The van der Waals surface area contributed by atoms with E-state index in [0.29, 0.717) is 19.3 Å². The van der Waals surface area contributed by atoms with E-state index in [1.54, 1.807) is 27.7 Å². The van der Waals surface area contributed by atoms with Crippen molar-refractivity contribution in [3.63, 3.8) is 0 Å². The van der Waals surface area contributed by atoms with E-state index in [-0.39, 0.29) is 23.5 Å². The first-order valence-electron chi connectivity index (χ1n) is 12.6. The summed E-state index contributed by atoms with van der Waals surface area (Å²) in [5.41, 5.74) is -1.86. The first kappa shape index (κ1) is 30.3. The van der Waals surface area contributed by atoms with Gasteiger partial charge >= 0.3 is 12.1 Å². The van der Waals surface area contributed by atoms with Gasteiger partial charge in [0.1, 0.15) is 17.7 Å². The standard InChI is InChI=1S/C25H40IN3O7/c1-6-8-9-10-11-12-17(27-23(34)36-24(3,4)5)21(32)29-15-16(30)13-18(29)20(31)28-25(14-19(25)26)22(33)35-7-2/h6,16-19,30H,1,7-15H2,2-5H3,(H,27,34)(H,28,31)/t16-,17+,18+,19-,25-/m1/s1. The van der Waals surface area contributed by atoms with Gasteiger partial charge < -0.3 is 30.1 Å². The van der Waals surface area contributed by atoms with Crippen LogP contribution in [-0.2, 0) is 23.9 Å². The van der Waals surface area contributed by atoms with Gasteiger partial charge in [-0.15, -0.1) is 6.58 Å². The van der Waals surface area contributed by atoms with Crippen LogP contribution in [0.1, 0.15) is 72.6 Å². The van der Waals surface area contributed by atoms with Crippen LogP contribution in [0, 0.1) is 0 Å². The van der Waals surface area contributed by atoms with Gasteiger partial charge in [-0.3, -0.25) is 9.59 Å². The molecule has 1 aliphatic heterocycles. The number of esters is 1. The third-order valence-electron chi connectivity index (χ3n) is 6.12. The van der Waals surface area contributed by atoms with Crippen molar-refractivity contribution in [1.82, 2.24) is 15.5 Å². The number of halogens is 1. The Hall–Kier alpha value is -1.89. The number of nitrogens with one attached hydrogen (secondary N) is 2. The fraction of sp³-hybridized carbons (Fsp3) is 0.760. The third kappa shape index (κ3) is 8.32. The van der Waals surface area contributed by atoms with Crippen LogP contribution < -0.4 is 10.6 Å². The molecule has 3 amide bonds. The van der Waals surface area contributed by atoms with Crippen molar-refractivity contribution in [2.75, 3.05) is 13.2 Å². The molecule has 204 valence electrons. The highest BCUT2D eigenvalue weighted by Gasteiger charge is 2.62. The summed E-state index contributed by atoms with van der Waals surface area (Å²) in [5.74, 6) is -1.49. The molecular weight excluding hydrogens is 581 g/mol. The summed E-state index contributed by atoms with van der Waals surface area (Å²) in [6, 6.07) is -1.88. The Morgan fingerprint density at radius 2 is 1.92 bits per heavy atom. The molecule has 0 bridgehead atoms. The van der Waals surface area contributed by atoms with Crippen LogP contribution >= 0.6 is 22.6 Å². The molecule has 5 atom stereocenters. The van der Waals surface area contributed by atoms with Crippen LogP contribution in [-0.4, -0.2) is 80.3 Å². The van der Waals surface area contributed by atoms with E-state index in [4.69, 9.17) is 9.47 Å². The normalized spacial score (nSPS) is 26.1. The summed E-state index contributed by atoms with van der Waals surface area (Å²) >= 11 is 2.09. The zero-order valence-corrected chi connectivity index (χ0v) is 23.8. The van der Waals surface area contributed by atoms with Crippen LogP contribution in [0.3, 0.4) is 0 Å². The smallest absolute Gasteiger partial charge is 0.408 e. The lowest BCUT2D eigenvalue weighted by Crippen LogP contribution is -2.57. The summed E-state index contributed by atoms with van der Waals surface area (Å²) in [7, 11) is 0. The fourth-order valence-electron chi connectivity index (χ4n) is 4.21. The predicted molar refractivity (Wildman–Crippen MR) is 142 cm³/mol. The number of alkyl carbamates (subject to hydrolysis) is 1. The monoisotopic (exact) mass is 621 g/mol. The van der Waals surface area contributed by atoms with Gasteiger partial charge in [-0.2, -0.15) is 0 Å². The highest BCUT2D eigenvalue weighted by atomic mass is 127. The van der Waals surface area contributed by atoms with Gasteiger partial charge in [0.25, 0.3) is 0 Å². The molecule has 1 heterocycles. The van der Waals surface area contributed by atoms with Crippen molar-refractivity contribution in [3.05, 3.63) is 12.7 Å². The lowest BCUT2D eigenvalue weighted by atomic mass is 10.0. The zero-order chi connectivity index (χ0) is 27.1. The highest BCUT2D eigenvalue weighted by molar-refractivity contribution is 14.1. The number of nitrogens with zero attached hydrogens (tertiary/aromatic N) is 1. The van der Waals surface area contributed by atoms with Crippen molar-refractivity contribution >= 4 is 46.5 Å². The zero-order valence-electron chi connectivity index (χ0n) is 21.7. The Morgan fingerprint density at radius 1 is 1.25 bits per heavy atom. The summed E-state index contributed by atoms with van der Waals surface area (Å²) in [6.07, 6.45) is 4.35. The van der Waals surface area contributed by atoms with Crippen LogP contribution in [0.2, 0.25) is 0 Å². The van der Waals surface area contributed by atoms with E-state index < -0.39 is 53.2 Å². The van der Waals surface area contributed by atoms with Gasteiger partial charge in [-0.05, 0) is 53.4 Å². The number of β-amino-alcohol motifs (C(OH)–C–C–N with tert-alkyl or cyclic N) is 1. The summed E-state index contributed by atoms with van der Waals surface area (Å²) < 4.78 is 10.4. The van der Waals surface area contributed by atoms with Crippen molar-refractivity contribution in [2.24, 2.45) is 0 Å². The number of amides is 3. The van der Waals surface area contributed by atoms with E-state index in [1.165, 1.54) is 4.90 Å². The molecule has 2 fully saturated rings. The Bertz CT molecular complexity index is 831. The molecule has 0 spiro atoms. The number of carbonyl (C=O) groups excluding carboxylic acids is 4. The maximum atomic E-state index is 13.6. The third-order valence-corrected chi connectivity index (χ3v) is 7.62. The molecule has 10 nitrogen and oxygen atoms in total. The minimum Gasteiger partial charge on any atom is -0.464 e. The van der Waals surface area contributed by atoms with Crippen LogP contribution in [0.4, 0.5) is 4.79 Å². The van der Waals surface area contributed by atoms with E-state index in [2.05, 4.69) is 39.8 Å². The molecule has 36 heavy (non-hydrogen) atoms. The molecular formula is C25H40IN3O7. The van der Waals surface area contributed by atoms with Gasteiger partial charge in [0.15, 0.2) is 5.54 Å². The Balaban J connectivity index is 2.15. The second-order valence-electron chi connectivity index (χ2n) is 10.4. The summed E-state index contributed by atoms with van der Waals surface area (Å²) in [5, 5.41) is 15.8.